The predicted octanol–water partition coefficient (Wildman–Crippen LogP) is 0.653. The molecule has 1 aromatic carbocycles. The summed E-state index contributed by atoms with van der Waals surface area (Å²) in [6.07, 6.45) is 1.52. The van der Waals surface area contributed by atoms with Crippen LogP contribution in [-0.2, 0) is 11.3 Å². The van der Waals surface area contributed by atoms with Crippen LogP contribution in [-0.4, -0.2) is 17.6 Å². The molecule has 1 heterocycles. The molecular formula is C12H12ClN3O3. The number of methoxy groups -OCH3 is 1. The lowest BCUT2D eigenvalue weighted by Crippen LogP contribution is -2.33. The second-order valence-corrected chi connectivity index (χ2v) is 4.29. The minimum absolute atomic E-state index is 0.00403. The van der Waals surface area contributed by atoms with Crippen molar-refractivity contribution in [2.45, 2.75) is 6.54 Å². The summed E-state index contributed by atoms with van der Waals surface area (Å²) < 4.78 is 6.66. The van der Waals surface area contributed by atoms with Crippen LogP contribution in [0.5, 0.6) is 5.75 Å². The molecule has 0 aliphatic heterocycles. The number of halogens is 1. The Morgan fingerprint density at radius 1 is 1.53 bits per heavy atom. The Hall–Kier alpha value is -2.05. The zero-order chi connectivity index (χ0) is 14.0. The molecule has 1 aromatic heterocycles. The highest BCUT2D eigenvalue weighted by molar-refractivity contribution is 6.32. The van der Waals surface area contributed by atoms with E-state index in [1.165, 1.54) is 19.4 Å². The smallest absolute Gasteiger partial charge is 0.253 e. The maximum atomic E-state index is 11.8. The number of carbonyl (C=O) groups excluding carboxylic acids is 1. The molecule has 0 fully saturated rings. The molecular weight excluding hydrogens is 270 g/mol. The molecule has 0 aliphatic carbocycles. The van der Waals surface area contributed by atoms with Crippen molar-refractivity contribution in [3.63, 3.8) is 0 Å². The van der Waals surface area contributed by atoms with Crippen LogP contribution in [0.25, 0.3) is 10.9 Å². The second-order valence-electron chi connectivity index (χ2n) is 3.88. The molecule has 2 rings (SSSR count). The van der Waals surface area contributed by atoms with Gasteiger partial charge in [0.1, 0.15) is 12.3 Å². The third-order valence-corrected chi connectivity index (χ3v) is 3.02. The molecule has 0 unspecified atom stereocenters. The first kappa shape index (κ1) is 13.4. The highest BCUT2D eigenvalue weighted by Crippen LogP contribution is 2.28. The predicted molar refractivity (Wildman–Crippen MR) is 72.1 cm³/mol. The summed E-state index contributed by atoms with van der Waals surface area (Å²) in [7, 11) is 1.47. The Balaban J connectivity index is 2.68. The first-order valence-electron chi connectivity index (χ1n) is 5.43. The van der Waals surface area contributed by atoms with E-state index in [0.717, 1.165) is 0 Å². The molecule has 0 bridgehead atoms. The summed E-state index contributed by atoms with van der Waals surface area (Å²) in [5, 5.41) is 0.788. The van der Waals surface area contributed by atoms with Crippen LogP contribution < -0.4 is 21.4 Å². The first-order chi connectivity index (χ1) is 9.06. The van der Waals surface area contributed by atoms with E-state index in [-0.39, 0.29) is 17.9 Å². The zero-order valence-electron chi connectivity index (χ0n) is 10.1. The number of benzene rings is 1. The average molecular weight is 282 g/mol. The number of hydrazine groups is 1. The summed E-state index contributed by atoms with van der Waals surface area (Å²) in [5.74, 6) is 5.08. The van der Waals surface area contributed by atoms with E-state index < -0.39 is 0 Å². The summed E-state index contributed by atoms with van der Waals surface area (Å²) >= 11 is 6.03. The highest BCUT2D eigenvalue weighted by Gasteiger charge is 2.10. The van der Waals surface area contributed by atoms with E-state index in [0.29, 0.717) is 21.7 Å². The van der Waals surface area contributed by atoms with Gasteiger partial charge in [-0.2, -0.15) is 0 Å². The van der Waals surface area contributed by atoms with E-state index in [1.807, 2.05) is 5.43 Å². The molecule has 0 atom stereocenters. The average Bonchev–Trinajstić information content (AvgIpc) is 2.41. The molecule has 100 valence electrons. The zero-order valence-corrected chi connectivity index (χ0v) is 10.9. The quantitative estimate of drug-likeness (QED) is 0.491. The number of ether oxygens (including phenoxy) is 1. The van der Waals surface area contributed by atoms with E-state index in [1.54, 1.807) is 16.7 Å². The molecule has 0 saturated heterocycles. The third kappa shape index (κ3) is 2.54. The van der Waals surface area contributed by atoms with Crippen molar-refractivity contribution in [2.24, 2.45) is 5.84 Å². The summed E-state index contributed by atoms with van der Waals surface area (Å²) in [4.78, 5) is 23.2. The van der Waals surface area contributed by atoms with Gasteiger partial charge in [-0.15, -0.1) is 0 Å². The van der Waals surface area contributed by atoms with E-state index in [4.69, 9.17) is 22.2 Å². The van der Waals surface area contributed by atoms with Gasteiger partial charge >= 0.3 is 0 Å². The monoisotopic (exact) mass is 281 g/mol. The lowest BCUT2D eigenvalue weighted by Gasteiger charge is -2.11. The Kier molecular flexibility index (Phi) is 3.73. The molecule has 6 nitrogen and oxygen atoms in total. The third-order valence-electron chi connectivity index (χ3n) is 2.73. The summed E-state index contributed by atoms with van der Waals surface area (Å²) in [6.45, 7) is -0.00403. The number of nitrogens with zero attached hydrogens (tertiary/aromatic N) is 1. The highest BCUT2D eigenvalue weighted by atomic mass is 35.5. The van der Waals surface area contributed by atoms with Gasteiger partial charge in [0, 0.05) is 17.6 Å². The number of nitrogens with one attached hydrogen (secondary N) is 1. The van der Waals surface area contributed by atoms with Gasteiger partial charge in [-0.1, -0.05) is 11.6 Å². The largest absolute Gasteiger partial charge is 0.495 e. The minimum atomic E-state index is -0.378. The SMILES string of the molecule is COc1cc2c(=O)ccn(CC(=O)NN)c2cc1Cl. The molecule has 7 heteroatoms. The first-order valence-corrected chi connectivity index (χ1v) is 5.80. The number of hydrogen-bond acceptors (Lipinski definition) is 4. The topological polar surface area (TPSA) is 86.3 Å². The Bertz CT molecular complexity index is 696. The number of carbonyl (C=O) groups is 1. The van der Waals surface area contributed by atoms with Crippen LogP contribution in [0.2, 0.25) is 5.02 Å². The standard InChI is InChI=1S/C12H12ClN3O3/c1-19-11-4-7-9(5-8(11)13)16(3-2-10(7)17)6-12(18)15-14/h2-5H,6,14H2,1H3,(H,15,18). The van der Waals surface area contributed by atoms with Gasteiger partial charge in [-0.05, 0) is 12.1 Å². The van der Waals surface area contributed by atoms with Crippen LogP contribution in [0.3, 0.4) is 0 Å². The molecule has 0 radical (unpaired) electrons. The van der Waals surface area contributed by atoms with Gasteiger partial charge < -0.3 is 9.30 Å². The van der Waals surface area contributed by atoms with Crippen molar-refractivity contribution in [2.75, 3.05) is 7.11 Å². The van der Waals surface area contributed by atoms with Crippen molar-refractivity contribution >= 4 is 28.4 Å². The van der Waals surface area contributed by atoms with Crippen molar-refractivity contribution in [1.82, 2.24) is 9.99 Å². The van der Waals surface area contributed by atoms with Crippen molar-refractivity contribution in [3.8, 4) is 5.75 Å². The number of pyridine rings is 1. The maximum absolute atomic E-state index is 11.8. The lowest BCUT2D eigenvalue weighted by atomic mass is 10.2. The number of aromatic nitrogens is 1. The van der Waals surface area contributed by atoms with Gasteiger partial charge in [0.15, 0.2) is 5.43 Å². The number of rotatable bonds is 3. The Morgan fingerprint density at radius 3 is 2.89 bits per heavy atom. The van der Waals surface area contributed by atoms with Crippen LogP contribution in [0.15, 0.2) is 29.2 Å². The molecule has 0 spiro atoms. The molecule has 3 N–H and O–H groups in total. The normalized spacial score (nSPS) is 10.5. The van der Waals surface area contributed by atoms with Crippen molar-refractivity contribution in [1.29, 1.82) is 0 Å². The van der Waals surface area contributed by atoms with Gasteiger partial charge in [0.05, 0.1) is 17.6 Å². The Morgan fingerprint density at radius 2 is 2.26 bits per heavy atom. The van der Waals surface area contributed by atoms with Crippen LogP contribution in [0.1, 0.15) is 0 Å². The van der Waals surface area contributed by atoms with Gasteiger partial charge in [-0.3, -0.25) is 15.0 Å². The lowest BCUT2D eigenvalue weighted by molar-refractivity contribution is -0.121. The molecule has 0 aliphatic rings. The van der Waals surface area contributed by atoms with E-state index in [9.17, 15) is 9.59 Å². The molecule has 0 saturated carbocycles. The van der Waals surface area contributed by atoms with Crippen molar-refractivity contribution in [3.05, 3.63) is 39.6 Å². The fraction of sp³-hybridized carbons (Fsp3) is 0.167. The van der Waals surface area contributed by atoms with E-state index in [2.05, 4.69) is 0 Å². The summed E-state index contributed by atoms with van der Waals surface area (Å²) in [6, 6.07) is 4.51. The minimum Gasteiger partial charge on any atom is -0.495 e. The van der Waals surface area contributed by atoms with Crippen LogP contribution in [0, 0.1) is 0 Å². The van der Waals surface area contributed by atoms with Gasteiger partial charge in [-0.25, -0.2) is 5.84 Å². The molecule has 2 aromatic rings. The Labute approximate surface area is 113 Å². The fourth-order valence-electron chi connectivity index (χ4n) is 1.80. The number of hydrogen-bond donors (Lipinski definition) is 2. The number of amides is 1. The van der Waals surface area contributed by atoms with Crippen LogP contribution >= 0.6 is 11.6 Å². The van der Waals surface area contributed by atoms with Crippen LogP contribution in [0.4, 0.5) is 0 Å². The summed E-state index contributed by atoms with van der Waals surface area (Å²) in [5.41, 5.74) is 2.41. The molecule has 1 amide bonds. The number of nitrogens with two attached hydrogens (primary N) is 1. The van der Waals surface area contributed by atoms with E-state index >= 15 is 0 Å². The number of fused-ring (bicyclic) bond motifs is 1. The maximum Gasteiger partial charge on any atom is 0.253 e. The molecule has 19 heavy (non-hydrogen) atoms. The van der Waals surface area contributed by atoms with Gasteiger partial charge in [0.25, 0.3) is 5.91 Å². The second kappa shape index (κ2) is 5.29. The van der Waals surface area contributed by atoms with Gasteiger partial charge in [0.2, 0.25) is 0 Å². The van der Waals surface area contributed by atoms with Crippen molar-refractivity contribution < 1.29 is 9.53 Å². The fourth-order valence-corrected chi connectivity index (χ4v) is 2.04.